The summed E-state index contributed by atoms with van der Waals surface area (Å²) in [6, 6.07) is 22.2. The van der Waals surface area contributed by atoms with E-state index in [1.807, 2.05) is 79.7 Å². The molecule has 1 heterocycles. The molecular weight excluding hydrogens is 801 g/mol. The highest BCUT2D eigenvalue weighted by molar-refractivity contribution is 5.98. The second-order valence-electron chi connectivity index (χ2n) is 16.4. The minimum absolute atomic E-state index is 0.0435. The van der Waals surface area contributed by atoms with Crippen LogP contribution in [0.2, 0.25) is 0 Å². The number of hydrogen-bond donors (Lipinski definition) is 9. The van der Waals surface area contributed by atoms with Crippen LogP contribution in [0, 0.1) is 0 Å². The number of nitrogens with zero attached hydrogens (tertiary/aromatic N) is 1. The largest absolute Gasteiger partial charge is 0.370 e. The number of aromatic amines is 1. The summed E-state index contributed by atoms with van der Waals surface area (Å²) in [5.74, 6) is -3.31. The fourth-order valence-corrected chi connectivity index (χ4v) is 8.09. The summed E-state index contributed by atoms with van der Waals surface area (Å²) in [6.07, 6.45) is 5.73. The molecule has 1 aromatic heterocycles. The average Bonchev–Trinajstić information content (AvgIpc) is 3.68. The first-order valence-electron chi connectivity index (χ1n) is 21.8. The fourth-order valence-electron chi connectivity index (χ4n) is 8.09. The first-order valence-corrected chi connectivity index (χ1v) is 21.8. The van der Waals surface area contributed by atoms with Crippen molar-refractivity contribution in [3.8, 4) is 0 Å². The predicted octanol–water partition coefficient (Wildman–Crippen LogP) is 2.85. The van der Waals surface area contributed by atoms with E-state index >= 15 is 0 Å². The topological polar surface area (TPSA) is 269 Å². The Morgan fingerprint density at radius 1 is 0.746 bits per heavy atom. The Labute approximate surface area is 368 Å². The number of nitrogens with one attached hydrogen (secondary N) is 6. The van der Waals surface area contributed by atoms with Crippen LogP contribution in [-0.2, 0) is 41.6 Å². The molecule has 1 aliphatic rings. The highest BCUT2D eigenvalue weighted by Crippen LogP contribution is 2.38. The third-order valence-electron chi connectivity index (χ3n) is 11.7. The molecule has 0 spiro atoms. The summed E-state index contributed by atoms with van der Waals surface area (Å²) in [6.45, 7) is 3.62. The van der Waals surface area contributed by atoms with Gasteiger partial charge in [0.25, 0.3) is 0 Å². The van der Waals surface area contributed by atoms with Gasteiger partial charge >= 0.3 is 0 Å². The van der Waals surface area contributed by atoms with E-state index in [1.165, 1.54) is 12.5 Å². The summed E-state index contributed by atoms with van der Waals surface area (Å²) in [5.41, 5.74) is 18.8. The van der Waals surface area contributed by atoms with Crippen LogP contribution in [-0.4, -0.2) is 82.6 Å². The van der Waals surface area contributed by atoms with Gasteiger partial charge in [0, 0.05) is 42.9 Å². The zero-order valence-electron chi connectivity index (χ0n) is 36.2. The molecular formula is C47H62N10O6. The van der Waals surface area contributed by atoms with Crippen LogP contribution in [0.3, 0.4) is 0 Å². The Morgan fingerprint density at radius 2 is 1.35 bits per heavy atom. The van der Waals surface area contributed by atoms with Crippen LogP contribution in [0.1, 0.15) is 94.2 Å². The Hall–Kier alpha value is -6.71. The molecule has 63 heavy (non-hydrogen) atoms. The molecule has 1 aliphatic carbocycles. The number of carbonyl (C=O) groups excluding carboxylic acids is 6. The summed E-state index contributed by atoms with van der Waals surface area (Å²) < 4.78 is 0. The van der Waals surface area contributed by atoms with Gasteiger partial charge in [-0.2, -0.15) is 0 Å². The lowest BCUT2D eigenvalue weighted by molar-refractivity contribution is -0.138. The van der Waals surface area contributed by atoms with Crippen LogP contribution >= 0.6 is 0 Å². The monoisotopic (exact) mass is 862 g/mol. The average molecular weight is 863 g/mol. The zero-order valence-corrected chi connectivity index (χ0v) is 36.2. The van der Waals surface area contributed by atoms with Gasteiger partial charge in [0.15, 0.2) is 5.96 Å². The number of primary amides is 1. The fraction of sp³-hybridized carbons (Fsp3) is 0.426. The Morgan fingerprint density at radius 3 is 2.02 bits per heavy atom. The van der Waals surface area contributed by atoms with Crippen molar-refractivity contribution < 1.29 is 28.8 Å². The molecule has 3 aromatic carbocycles. The van der Waals surface area contributed by atoms with E-state index < -0.39 is 59.2 Å². The van der Waals surface area contributed by atoms with E-state index in [4.69, 9.17) is 17.2 Å². The molecule has 1 fully saturated rings. The van der Waals surface area contributed by atoms with E-state index in [0.717, 1.165) is 22.0 Å². The number of carbonyl (C=O) groups is 6. The lowest BCUT2D eigenvalue weighted by Gasteiger charge is -2.40. The number of guanidine groups is 1. The van der Waals surface area contributed by atoms with E-state index in [0.29, 0.717) is 44.9 Å². The second kappa shape index (κ2) is 22.9. The van der Waals surface area contributed by atoms with Crippen molar-refractivity contribution in [2.24, 2.45) is 22.2 Å². The van der Waals surface area contributed by atoms with Gasteiger partial charge in [0.05, 0.1) is 0 Å². The van der Waals surface area contributed by atoms with Crippen molar-refractivity contribution in [1.82, 2.24) is 31.6 Å². The van der Waals surface area contributed by atoms with Crippen molar-refractivity contribution in [2.75, 3.05) is 6.54 Å². The maximum absolute atomic E-state index is 14.6. The number of para-hydroxylation sites is 1. The van der Waals surface area contributed by atoms with Gasteiger partial charge in [0.2, 0.25) is 35.4 Å². The quantitative estimate of drug-likeness (QED) is 0.0321. The van der Waals surface area contributed by atoms with Crippen LogP contribution in [0.5, 0.6) is 0 Å². The molecule has 12 N–H and O–H groups in total. The highest BCUT2D eigenvalue weighted by Gasteiger charge is 2.44. The lowest BCUT2D eigenvalue weighted by Crippen LogP contribution is -2.64. The van der Waals surface area contributed by atoms with E-state index in [-0.39, 0.29) is 50.0 Å². The van der Waals surface area contributed by atoms with Crippen molar-refractivity contribution in [3.05, 3.63) is 108 Å². The van der Waals surface area contributed by atoms with Crippen LogP contribution in [0.4, 0.5) is 0 Å². The number of unbranched alkanes of at least 4 members (excludes halogenated alkanes) is 1. The van der Waals surface area contributed by atoms with Gasteiger partial charge in [-0.05, 0) is 87.0 Å². The number of H-pyrrole nitrogens is 1. The van der Waals surface area contributed by atoms with Gasteiger partial charge in [-0.15, -0.1) is 0 Å². The van der Waals surface area contributed by atoms with E-state index in [9.17, 15) is 28.8 Å². The third kappa shape index (κ3) is 13.6. The van der Waals surface area contributed by atoms with Gasteiger partial charge in [-0.25, -0.2) is 0 Å². The number of aromatic nitrogens is 1. The van der Waals surface area contributed by atoms with Gasteiger partial charge in [0.1, 0.15) is 29.7 Å². The van der Waals surface area contributed by atoms with Crippen molar-refractivity contribution in [1.29, 1.82) is 0 Å². The molecule has 0 bridgehead atoms. The second-order valence-corrected chi connectivity index (χ2v) is 16.4. The third-order valence-corrected chi connectivity index (χ3v) is 11.7. The molecule has 16 heteroatoms. The minimum atomic E-state index is -1.26. The normalized spacial score (nSPS) is 17.8. The first kappa shape index (κ1) is 47.3. The molecule has 336 valence electrons. The molecule has 5 rings (SSSR count). The van der Waals surface area contributed by atoms with Crippen LogP contribution in [0.25, 0.3) is 10.9 Å². The van der Waals surface area contributed by atoms with Gasteiger partial charge in [-0.3, -0.25) is 33.8 Å². The molecule has 0 aliphatic heterocycles. The molecule has 0 unspecified atom stereocenters. The van der Waals surface area contributed by atoms with Gasteiger partial charge in [-0.1, -0.05) is 85.8 Å². The van der Waals surface area contributed by atoms with Crippen LogP contribution in [0.15, 0.2) is 96.1 Å². The minimum Gasteiger partial charge on any atom is -0.370 e. The summed E-state index contributed by atoms with van der Waals surface area (Å²) in [7, 11) is 0. The molecule has 0 saturated heterocycles. The Bertz CT molecular complexity index is 2200. The number of hydrogen-bond acceptors (Lipinski definition) is 7. The number of benzene rings is 3. The number of fused-ring (bicyclic) bond motifs is 1. The predicted molar refractivity (Wildman–Crippen MR) is 243 cm³/mol. The molecule has 16 nitrogen and oxygen atoms in total. The first-order chi connectivity index (χ1) is 30.3. The molecule has 0 radical (unpaired) electrons. The Balaban J connectivity index is 1.42. The highest BCUT2D eigenvalue weighted by atomic mass is 16.2. The number of amides is 6. The standard InChI is InChI=1S/C47H62N10O6/c1-3-14-40(58)57-47(24-22-33(23-25-47)32-17-8-5-9-18-32)45(63)56-38(27-31-15-6-4-7-16-31)44(62)54-37(21-12-13-26-51-46(49)50)42(60)55-39(43(61)53-30(2)41(48)59)28-34-29-52-36-20-11-10-19-35(34)36/h4-11,15-20,29-30,33,37-39,52H,3,12-14,21-28H2,1-2H3,(H2,48,59)(H,53,61)(H,54,62)(H,55,60)(H,56,63)(H,57,58)(H4,49,50,51)/t30-,33?,37-,38+,39-,47?/m0/s1. The zero-order chi connectivity index (χ0) is 45.4. The lowest BCUT2D eigenvalue weighted by atomic mass is 9.73. The maximum Gasteiger partial charge on any atom is 0.246 e. The maximum atomic E-state index is 14.6. The van der Waals surface area contributed by atoms with Crippen molar-refractivity contribution in [3.63, 3.8) is 0 Å². The van der Waals surface area contributed by atoms with Crippen LogP contribution < -0.4 is 43.8 Å². The smallest absolute Gasteiger partial charge is 0.246 e. The number of nitrogens with two attached hydrogens (primary N) is 3. The van der Waals surface area contributed by atoms with Gasteiger partial charge < -0.3 is 48.8 Å². The molecule has 4 atom stereocenters. The summed E-state index contributed by atoms with van der Waals surface area (Å²) in [5, 5.41) is 15.2. The molecule has 6 amide bonds. The summed E-state index contributed by atoms with van der Waals surface area (Å²) >= 11 is 0. The van der Waals surface area contributed by atoms with Crippen molar-refractivity contribution >= 4 is 52.3 Å². The molecule has 4 aromatic rings. The number of aliphatic imine (C=N–C) groups is 1. The van der Waals surface area contributed by atoms with E-state index in [2.05, 4.69) is 48.7 Å². The summed E-state index contributed by atoms with van der Waals surface area (Å²) in [4.78, 5) is 89.7. The molecule has 1 saturated carbocycles. The van der Waals surface area contributed by atoms with Crippen molar-refractivity contribution in [2.45, 2.75) is 120 Å². The number of rotatable bonds is 22. The SMILES string of the molecule is CCCC(=O)NC1(C(=O)N[C@H](Cc2ccccc2)C(=O)N[C@@H](CCCCN=C(N)N)C(=O)N[C@@H](Cc2c[nH]c3ccccc23)C(=O)N[C@@H](C)C(N)=O)CCC(c2ccccc2)CC1. The Kier molecular flexibility index (Phi) is 17.2. The van der Waals surface area contributed by atoms with E-state index in [1.54, 1.807) is 6.20 Å².